The first-order valence-corrected chi connectivity index (χ1v) is 7.58. The average Bonchev–Trinajstić information content (AvgIpc) is 2.85. The Kier molecular flexibility index (Phi) is 3.13. The molecular formula is C19H21NO2. The van der Waals surface area contributed by atoms with Crippen LogP contribution in [0.2, 0.25) is 0 Å². The van der Waals surface area contributed by atoms with E-state index in [2.05, 4.69) is 18.8 Å². The quantitative estimate of drug-likeness (QED) is 0.724. The number of carbonyl (C=O) groups excluding carboxylic acids is 1. The van der Waals surface area contributed by atoms with Crippen LogP contribution < -0.4 is 0 Å². The van der Waals surface area contributed by atoms with Gasteiger partial charge in [0.1, 0.15) is 5.76 Å². The molecule has 0 aromatic rings. The van der Waals surface area contributed by atoms with Crippen LogP contribution in [0, 0.1) is 0 Å². The minimum Gasteiger partial charge on any atom is -0.506 e. The van der Waals surface area contributed by atoms with E-state index in [0.717, 1.165) is 34.4 Å². The number of carbonyl (C=O) groups is 1. The first kappa shape index (κ1) is 14.8. The van der Waals surface area contributed by atoms with Crippen molar-refractivity contribution in [3.8, 4) is 0 Å². The predicted octanol–water partition coefficient (Wildman–Crippen LogP) is 4.50. The van der Waals surface area contributed by atoms with Gasteiger partial charge >= 0.3 is 0 Å². The number of allylic oxidation sites excluding steroid dienone is 8. The van der Waals surface area contributed by atoms with E-state index >= 15 is 0 Å². The van der Waals surface area contributed by atoms with Gasteiger partial charge in [0.05, 0.1) is 16.8 Å². The Morgan fingerprint density at radius 3 is 1.91 bits per heavy atom. The summed E-state index contributed by atoms with van der Waals surface area (Å²) in [5.74, 6) is 0.0393. The molecule has 0 bridgehead atoms. The third-order valence-corrected chi connectivity index (χ3v) is 5.30. The molecule has 0 atom stereocenters. The summed E-state index contributed by atoms with van der Waals surface area (Å²) in [6.07, 6.45) is 0.752. The number of aliphatic imine (C=N–C) groups is 1. The van der Waals surface area contributed by atoms with Crippen molar-refractivity contribution in [1.29, 1.82) is 0 Å². The van der Waals surface area contributed by atoms with Gasteiger partial charge in [-0.2, -0.15) is 0 Å². The van der Waals surface area contributed by atoms with Gasteiger partial charge < -0.3 is 5.11 Å². The first-order valence-electron chi connectivity index (χ1n) is 7.58. The normalized spacial score (nSPS) is 25.7. The van der Waals surface area contributed by atoms with E-state index in [9.17, 15) is 9.90 Å². The largest absolute Gasteiger partial charge is 0.506 e. The van der Waals surface area contributed by atoms with Gasteiger partial charge in [-0.3, -0.25) is 9.79 Å². The van der Waals surface area contributed by atoms with Crippen LogP contribution in [0.25, 0.3) is 0 Å². The van der Waals surface area contributed by atoms with Crippen molar-refractivity contribution in [2.45, 2.75) is 48.0 Å². The van der Waals surface area contributed by atoms with Gasteiger partial charge in [0.2, 0.25) is 5.78 Å². The molecule has 3 rings (SSSR count). The van der Waals surface area contributed by atoms with Gasteiger partial charge in [0.25, 0.3) is 0 Å². The summed E-state index contributed by atoms with van der Waals surface area (Å²) in [4.78, 5) is 17.1. The van der Waals surface area contributed by atoms with Crippen molar-refractivity contribution in [2.75, 3.05) is 0 Å². The summed E-state index contributed by atoms with van der Waals surface area (Å²) in [6, 6.07) is 0. The number of Topliss-reactive ketones (excluding diaryl/α,β-unsaturated/α-hetero) is 1. The fourth-order valence-corrected chi connectivity index (χ4v) is 3.28. The minimum absolute atomic E-state index is 0.0741. The van der Waals surface area contributed by atoms with E-state index in [1.54, 1.807) is 0 Å². The molecule has 3 aliphatic rings. The highest BCUT2D eigenvalue weighted by molar-refractivity contribution is 6.23. The van der Waals surface area contributed by atoms with Crippen molar-refractivity contribution in [1.82, 2.24) is 0 Å². The molecular weight excluding hydrogens is 274 g/mol. The first-order chi connectivity index (χ1) is 10.3. The second kappa shape index (κ2) is 4.67. The van der Waals surface area contributed by atoms with E-state index in [0.29, 0.717) is 16.8 Å². The van der Waals surface area contributed by atoms with Crippen molar-refractivity contribution in [2.24, 2.45) is 4.99 Å². The lowest BCUT2D eigenvalue weighted by molar-refractivity contribution is -0.113. The molecule has 2 aliphatic carbocycles. The third kappa shape index (κ3) is 1.75. The van der Waals surface area contributed by atoms with Crippen LogP contribution in [0.4, 0.5) is 0 Å². The molecule has 0 aromatic heterocycles. The standard InChI is InChI=1S/C19H21NO2/c1-8-7-14(11(4)9(8)2)15-18(21)16(19(15)22)17-12(5)10(3)13(6)20-17/h21H,7H2,1-6H3. The summed E-state index contributed by atoms with van der Waals surface area (Å²) in [7, 11) is 0. The Balaban J connectivity index is 2.11. The Morgan fingerprint density at radius 1 is 0.864 bits per heavy atom. The fourth-order valence-electron chi connectivity index (χ4n) is 3.28. The van der Waals surface area contributed by atoms with Gasteiger partial charge in [-0.25, -0.2) is 0 Å². The molecule has 1 heterocycles. The lowest BCUT2D eigenvalue weighted by Gasteiger charge is -2.24. The SMILES string of the molecule is CC1=NC(=C2C(=O)C(C3=C(C)C(C)=C(C)C3)=C2O)C(C)=C1C. The average molecular weight is 295 g/mol. The number of nitrogens with zero attached hydrogens (tertiary/aromatic N) is 1. The molecule has 3 nitrogen and oxygen atoms in total. The molecule has 0 amide bonds. The van der Waals surface area contributed by atoms with E-state index in [1.807, 2.05) is 27.7 Å². The number of rotatable bonds is 1. The van der Waals surface area contributed by atoms with E-state index < -0.39 is 0 Å². The molecule has 1 N–H and O–H groups in total. The Bertz CT molecular complexity index is 823. The molecule has 0 unspecified atom stereocenters. The van der Waals surface area contributed by atoms with Crippen LogP contribution in [0.5, 0.6) is 0 Å². The van der Waals surface area contributed by atoms with Crippen LogP contribution in [-0.4, -0.2) is 16.6 Å². The topological polar surface area (TPSA) is 49.7 Å². The second-order valence-electron chi connectivity index (χ2n) is 6.41. The monoisotopic (exact) mass is 295 g/mol. The van der Waals surface area contributed by atoms with Crippen molar-refractivity contribution >= 4 is 11.5 Å². The second-order valence-corrected chi connectivity index (χ2v) is 6.41. The van der Waals surface area contributed by atoms with Crippen LogP contribution in [0.15, 0.2) is 61.0 Å². The van der Waals surface area contributed by atoms with Crippen LogP contribution in [0.3, 0.4) is 0 Å². The minimum atomic E-state index is -0.0741. The third-order valence-electron chi connectivity index (χ3n) is 5.30. The molecule has 1 aliphatic heterocycles. The molecule has 0 spiro atoms. The summed E-state index contributed by atoms with van der Waals surface area (Å²) in [5.41, 5.74) is 9.07. The molecule has 0 saturated heterocycles. The molecule has 0 fully saturated rings. The van der Waals surface area contributed by atoms with Gasteiger partial charge in [0.15, 0.2) is 0 Å². The highest BCUT2D eigenvalue weighted by atomic mass is 16.3. The van der Waals surface area contributed by atoms with Gasteiger partial charge in [0, 0.05) is 5.71 Å². The summed E-state index contributed by atoms with van der Waals surface area (Å²) in [6.45, 7) is 12.0. The lowest BCUT2D eigenvalue weighted by Crippen LogP contribution is -2.25. The van der Waals surface area contributed by atoms with E-state index in [4.69, 9.17) is 0 Å². The maximum Gasteiger partial charge on any atom is 0.203 e. The number of ketones is 1. The molecule has 22 heavy (non-hydrogen) atoms. The van der Waals surface area contributed by atoms with Crippen molar-refractivity contribution in [3.63, 3.8) is 0 Å². The Labute approximate surface area is 131 Å². The molecule has 3 heteroatoms. The number of aliphatic hydroxyl groups is 1. The number of hydrogen-bond acceptors (Lipinski definition) is 3. The van der Waals surface area contributed by atoms with E-state index in [-0.39, 0.29) is 11.5 Å². The smallest absolute Gasteiger partial charge is 0.203 e. The Hall–Kier alpha value is -2.16. The molecule has 114 valence electrons. The highest BCUT2D eigenvalue weighted by Gasteiger charge is 2.41. The van der Waals surface area contributed by atoms with Gasteiger partial charge in [-0.05, 0) is 75.8 Å². The Morgan fingerprint density at radius 2 is 1.50 bits per heavy atom. The molecule has 0 aromatic carbocycles. The number of aliphatic hydroxyl groups excluding tert-OH is 1. The zero-order chi connectivity index (χ0) is 16.3. The number of hydrogen-bond donors (Lipinski definition) is 1. The summed E-state index contributed by atoms with van der Waals surface area (Å²) in [5, 5.41) is 10.5. The fraction of sp³-hybridized carbons (Fsp3) is 0.368. The zero-order valence-corrected chi connectivity index (χ0v) is 14.0. The predicted molar refractivity (Wildman–Crippen MR) is 88.9 cm³/mol. The van der Waals surface area contributed by atoms with Crippen molar-refractivity contribution in [3.05, 3.63) is 56.0 Å². The summed E-state index contributed by atoms with van der Waals surface area (Å²) >= 11 is 0. The van der Waals surface area contributed by atoms with Crippen LogP contribution >= 0.6 is 0 Å². The van der Waals surface area contributed by atoms with E-state index in [1.165, 1.54) is 11.1 Å². The highest BCUT2D eigenvalue weighted by Crippen LogP contribution is 2.45. The van der Waals surface area contributed by atoms with Crippen LogP contribution in [-0.2, 0) is 4.79 Å². The van der Waals surface area contributed by atoms with Gasteiger partial charge in [-0.1, -0.05) is 5.57 Å². The maximum atomic E-state index is 12.6. The molecule has 0 saturated carbocycles. The van der Waals surface area contributed by atoms with Gasteiger partial charge in [-0.15, -0.1) is 0 Å². The van der Waals surface area contributed by atoms with Crippen LogP contribution in [0.1, 0.15) is 48.0 Å². The lowest BCUT2D eigenvalue weighted by atomic mass is 9.79. The van der Waals surface area contributed by atoms with Crippen molar-refractivity contribution < 1.29 is 9.90 Å². The zero-order valence-electron chi connectivity index (χ0n) is 14.0. The molecule has 0 radical (unpaired) electrons. The summed E-state index contributed by atoms with van der Waals surface area (Å²) < 4.78 is 0. The maximum absolute atomic E-state index is 12.6.